The van der Waals surface area contributed by atoms with E-state index >= 15 is 0 Å². The van der Waals surface area contributed by atoms with Crippen molar-refractivity contribution in [3.63, 3.8) is 0 Å². The number of rotatable bonds is 6. The SMILES string of the molecule is O=C(O)Cc1cccc(CNC(=O)OCC2c3ccccc3-c3ccccc32)c1. The van der Waals surface area contributed by atoms with Gasteiger partial charge >= 0.3 is 12.1 Å². The molecule has 146 valence electrons. The van der Waals surface area contributed by atoms with Crippen molar-refractivity contribution >= 4 is 12.1 Å². The average Bonchev–Trinajstić information content (AvgIpc) is 3.04. The van der Waals surface area contributed by atoms with E-state index in [1.54, 1.807) is 18.2 Å². The van der Waals surface area contributed by atoms with Crippen LogP contribution in [-0.4, -0.2) is 23.8 Å². The highest BCUT2D eigenvalue weighted by molar-refractivity contribution is 5.79. The third kappa shape index (κ3) is 4.14. The fourth-order valence-corrected chi connectivity index (χ4v) is 3.85. The molecular formula is C24H21NO4. The number of aliphatic carboxylic acids is 1. The first-order chi connectivity index (χ1) is 14.1. The van der Waals surface area contributed by atoms with Crippen LogP contribution in [0.1, 0.15) is 28.2 Å². The average molecular weight is 387 g/mol. The number of carbonyl (C=O) groups excluding carboxylic acids is 1. The Morgan fingerprint density at radius 3 is 2.14 bits per heavy atom. The van der Waals surface area contributed by atoms with Gasteiger partial charge in [-0.25, -0.2) is 4.79 Å². The van der Waals surface area contributed by atoms with Crippen molar-refractivity contribution in [2.24, 2.45) is 0 Å². The Morgan fingerprint density at radius 2 is 1.48 bits per heavy atom. The Morgan fingerprint density at radius 1 is 0.862 bits per heavy atom. The zero-order valence-electron chi connectivity index (χ0n) is 15.8. The van der Waals surface area contributed by atoms with Crippen molar-refractivity contribution in [1.29, 1.82) is 0 Å². The Bertz CT molecular complexity index is 1010. The summed E-state index contributed by atoms with van der Waals surface area (Å²) in [5.41, 5.74) is 6.24. The monoisotopic (exact) mass is 387 g/mol. The number of ether oxygens (including phenoxy) is 1. The summed E-state index contributed by atoms with van der Waals surface area (Å²) in [7, 11) is 0. The molecule has 4 rings (SSSR count). The number of carboxylic acids is 1. The van der Waals surface area contributed by atoms with E-state index < -0.39 is 12.1 Å². The summed E-state index contributed by atoms with van der Waals surface area (Å²) in [6.07, 6.45) is -0.533. The third-order valence-corrected chi connectivity index (χ3v) is 5.13. The van der Waals surface area contributed by atoms with E-state index in [4.69, 9.17) is 9.84 Å². The number of benzene rings is 3. The molecule has 3 aromatic rings. The van der Waals surface area contributed by atoms with Gasteiger partial charge in [0, 0.05) is 12.5 Å². The summed E-state index contributed by atoms with van der Waals surface area (Å²) in [5.74, 6) is -0.862. The lowest BCUT2D eigenvalue weighted by Gasteiger charge is -2.14. The van der Waals surface area contributed by atoms with E-state index in [1.807, 2.05) is 30.3 Å². The van der Waals surface area contributed by atoms with Crippen LogP contribution >= 0.6 is 0 Å². The van der Waals surface area contributed by atoms with Crippen molar-refractivity contribution in [2.45, 2.75) is 18.9 Å². The van der Waals surface area contributed by atoms with Crippen LogP contribution in [-0.2, 0) is 22.5 Å². The number of carboxylic acid groups (broad SMARTS) is 1. The van der Waals surface area contributed by atoms with Crippen LogP contribution in [0, 0.1) is 0 Å². The maximum absolute atomic E-state index is 12.2. The van der Waals surface area contributed by atoms with Gasteiger partial charge in [-0.1, -0.05) is 72.8 Å². The largest absolute Gasteiger partial charge is 0.481 e. The van der Waals surface area contributed by atoms with Gasteiger partial charge in [0.05, 0.1) is 6.42 Å². The molecule has 0 bridgehead atoms. The third-order valence-electron chi connectivity index (χ3n) is 5.13. The first-order valence-corrected chi connectivity index (χ1v) is 9.50. The van der Waals surface area contributed by atoms with Gasteiger partial charge in [-0.15, -0.1) is 0 Å². The first-order valence-electron chi connectivity index (χ1n) is 9.50. The van der Waals surface area contributed by atoms with E-state index in [0.29, 0.717) is 5.56 Å². The van der Waals surface area contributed by atoms with Crippen LogP contribution in [0.3, 0.4) is 0 Å². The summed E-state index contributed by atoms with van der Waals surface area (Å²) >= 11 is 0. The summed E-state index contributed by atoms with van der Waals surface area (Å²) in [5, 5.41) is 11.6. The molecule has 0 heterocycles. The van der Waals surface area contributed by atoms with Crippen molar-refractivity contribution in [3.8, 4) is 11.1 Å². The fourth-order valence-electron chi connectivity index (χ4n) is 3.85. The van der Waals surface area contributed by atoms with Crippen molar-refractivity contribution in [2.75, 3.05) is 6.61 Å². The lowest BCUT2D eigenvalue weighted by atomic mass is 9.98. The quantitative estimate of drug-likeness (QED) is 0.659. The molecule has 0 unspecified atom stereocenters. The number of hydrogen-bond acceptors (Lipinski definition) is 3. The Hall–Kier alpha value is -3.60. The zero-order chi connectivity index (χ0) is 20.2. The van der Waals surface area contributed by atoms with Crippen molar-refractivity contribution < 1.29 is 19.4 Å². The molecule has 5 nitrogen and oxygen atoms in total. The van der Waals surface area contributed by atoms with Crippen LogP contribution < -0.4 is 5.32 Å². The molecule has 0 saturated heterocycles. The fraction of sp³-hybridized carbons (Fsp3) is 0.167. The van der Waals surface area contributed by atoms with Gasteiger partial charge in [-0.3, -0.25) is 4.79 Å². The zero-order valence-corrected chi connectivity index (χ0v) is 15.8. The maximum Gasteiger partial charge on any atom is 0.407 e. The molecule has 29 heavy (non-hydrogen) atoms. The molecular weight excluding hydrogens is 366 g/mol. The molecule has 3 aromatic carbocycles. The molecule has 5 heteroatoms. The smallest absolute Gasteiger partial charge is 0.407 e. The molecule has 0 aromatic heterocycles. The number of fused-ring (bicyclic) bond motifs is 3. The highest BCUT2D eigenvalue weighted by Crippen LogP contribution is 2.44. The lowest BCUT2D eigenvalue weighted by Crippen LogP contribution is -2.25. The molecule has 0 fully saturated rings. The minimum absolute atomic E-state index is 0.0204. The van der Waals surface area contributed by atoms with Gasteiger partial charge in [0.15, 0.2) is 0 Å². The van der Waals surface area contributed by atoms with E-state index in [-0.39, 0.29) is 25.5 Å². The van der Waals surface area contributed by atoms with Crippen LogP contribution in [0.15, 0.2) is 72.8 Å². The predicted molar refractivity (Wildman–Crippen MR) is 110 cm³/mol. The lowest BCUT2D eigenvalue weighted by molar-refractivity contribution is -0.136. The highest BCUT2D eigenvalue weighted by Gasteiger charge is 2.28. The number of carbonyl (C=O) groups is 2. The van der Waals surface area contributed by atoms with Crippen molar-refractivity contribution in [1.82, 2.24) is 5.32 Å². The predicted octanol–water partition coefficient (Wildman–Crippen LogP) is 4.35. The van der Waals surface area contributed by atoms with E-state index in [9.17, 15) is 9.59 Å². The molecule has 0 saturated carbocycles. The summed E-state index contributed by atoms with van der Waals surface area (Å²) in [6.45, 7) is 0.545. The number of hydrogen-bond donors (Lipinski definition) is 2. The first kappa shape index (κ1) is 18.7. The van der Waals surface area contributed by atoms with Gasteiger partial charge in [0.1, 0.15) is 6.61 Å². The Balaban J connectivity index is 1.38. The second-order valence-corrected chi connectivity index (χ2v) is 7.07. The summed E-state index contributed by atoms with van der Waals surface area (Å²) < 4.78 is 5.51. The van der Waals surface area contributed by atoms with Gasteiger partial charge in [-0.2, -0.15) is 0 Å². The molecule has 1 amide bonds. The van der Waals surface area contributed by atoms with Gasteiger partial charge in [-0.05, 0) is 33.4 Å². The van der Waals surface area contributed by atoms with Gasteiger partial charge < -0.3 is 15.2 Å². The van der Waals surface area contributed by atoms with E-state index in [0.717, 1.165) is 5.56 Å². The van der Waals surface area contributed by atoms with Crippen molar-refractivity contribution in [3.05, 3.63) is 95.1 Å². The highest BCUT2D eigenvalue weighted by atomic mass is 16.5. The van der Waals surface area contributed by atoms with Crippen LogP contribution in [0.5, 0.6) is 0 Å². The summed E-state index contributed by atoms with van der Waals surface area (Å²) in [4.78, 5) is 23.1. The topological polar surface area (TPSA) is 75.6 Å². The molecule has 1 aliphatic carbocycles. The molecule has 0 atom stereocenters. The van der Waals surface area contributed by atoms with Crippen LogP contribution in [0.4, 0.5) is 4.79 Å². The maximum atomic E-state index is 12.2. The Labute approximate surface area is 169 Å². The number of alkyl carbamates (subject to hydrolysis) is 1. The molecule has 0 radical (unpaired) electrons. The molecule has 1 aliphatic rings. The summed E-state index contributed by atoms with van der Waals surface area (Å²) in [6, 6.07) is 23.5. The number of amides is 1. The second kappa shape index (κ2) is 8.19. The molecule has 2 N–H and O–H groups in total. The van der Waals surface area contributed by atoms with Gasteiger partial charge in [0.25, 0.3) is 0 Å². The standard InChI is InChI=1S/C24H21NO4/c26-23(27)13-16-6-5-7-17(12-16)14-25-24(28)29-15-22-20-10-3-1-8-18(20)19-9-2-4-11-21(19)22/h1-12,22H,13-15H2,(H,25,28)(H,26,27). The van der Waals surface area contributed by atoms with E-state index in [1.165, 1.54) is 22.3 Å². The molecule has 0 aliphatic heterocycles. The normalized spacial score (nSPS) is 12.1. The Kier molecular flexibility index (Phi) is 5.29. The van der Waals surface area contributed by atoms with Crippen LogP contribution in [0.25, 0.3) is 11.1 Å². The van der Waals surface area contributed by atoms with Crippen LogP contribution in [0.2, 0.25) is 0 Å². The minimum atomic E-state index is -0.883. The minimum Gasteiger partial charge on any atom is -0.481 e. The molecule has 0 spiro atoms. The second-order valence-electron chi connectivity index (χ2n) is 7.07. The van der Waals surface area contributed by atoms with Gasteiger partial charge in [0.2, 0.25) is 0 Å². The number of nitrogens with one attached hydrogen (secondary N) is 1. The van der Waals surface area contributed by atoms with E-state index in [2.05, 4.69) is 29.6 Å².